The molecule has 1 N–H and O–H groups in total. The zero-order valence-corrected chi connectivity index (χ0v) is 25.8. The molecule has 2 aromatic rings. The Balaban J connectivity index is 1.36. The van der Waals surface area contributed by atoms with Gasteiger partial charge in [0, 0.05) is 57.4 Å². The molecule has 2 aromatic carbocycles. The second-order valence-corrected chi connectivity index (χ2v) is 13.9. The van der Waals surface area contributed by atoms with E-state index in [9.17, 15) is 31.9 Å². The number of hydrogen-bond acceptors (Lipinski definition) is 5. The van der Waals surface area contributed by atoms with Crippen molar-refractivity contribution in [3.63, 3.8) is 0 Å². The second kappa shape index (κ2) is 14.2. The van der Waals surface area contributed by atoms with Crippen molar-refractivity contribution >= 4 is 21.8 Å². The summed E-state index contributed by atoms with van der Waals surface area (Å²) in [6.45, 7) is 4.73. The molecule has 1 aliphatic carbocycles. The molecular weight excluding hydrogens is 576 g/mol. The summed E-state index contributed by atoms with van der Waals surface area (Å²) in [5, 5.41) is 10.2. The molecule has 0 aromatic heterocycles. The van der Waals surface area contributed by atoms with Crippen LogP contribution in [0.4, 0.5) is 13.6 Å². The van der Waals surface area contributed by atoms with E-state index in [-0.39, 0.29) is 48.9 Å². The molecule has 1 aliphatic heterocycles. The smallest absolute Gasteiger partial charge is 0.408 e. The van der Waals surface area contributed by atoms with Crippen LogP contribution in [0.1, 0.15) is 69.0 Å². The number of rotatable bonds is 11. The highest BCUT2D eigenvalue weighted by atomic mass is 32.2. The first-order chi connectivity index (χ1) is 20.4. The molecule has 2 aliphatic rings. The average molecular weight is 620 g/mol. The first-order valence-corrected chi connectivity index (χ1v) is 17.0. The van der Waals surface area contributed by atoms with Crippen LogP contribution in [0.5, 0.6) is 0 Å². The van der Waals surface area contributed by atoms with Crippen LogP contribution in [0.25, 0.3) is 0 Å². The Morgan fingerprint density at radius 1 is 0.977 bits per heavy atom. The van der Waals surface area contributed by atoms with Crippen molar-refractivity contribution in [2.45, 2.75) is 87.2 Å². The molecule has 0 bridgehead atoms. The van der Waals surface area contributed by atoms with Gasteiger partial charge in [-0.05, 0) is 62.3 Å². The lowest BCUT2D eigenvalue weighted by molar-refractivity contribution is -0.133. The summed E-state index contributed by atoms with van der Waals surface area (Å²) in [6, 6.07) is 15.1. The largest absolute Gasteiger partial charge is 0.465 e. The van der Waals surface area contributed by atoms with Gasteiger partial charge in [-0.3, -0.25) is 9.69 Å². The number of amides is 2. The summed E-state index contributed by atoms with van der Waals surface area (Å²) in [6.07, 6.45) is 2.13. The van der Waals surface area contributed by atoms with Crippen LogP contribution < -0.4 is 0 Å². The number of sulfone groups is 1. The minimum atomic E-state index is -3.30. The third kappa shape index (κ3) is 8.75. The standard InChI is InChI=1S/C32H43F2N3O5S/c1-3-36(30(38)23-24-9-11-28(12-10-24)43(2,41)42)26-15-20-35(21-16-26)22-17-29(25-7-5-4-6-8-25)37(31(39)40)27-13-18-32(33,34)19-14-27/h4-12,26-27,29H,3,13-23H2,1-2H3,(H,39,40)/t29-/m0/s1. The molecule has 43 heavy (non-hydrogen) atoms. The number of carbonyl (C=O) groups excluding carboxylic acids is 1. The lowest BCUT2D eigenvalue weighted by Crippen LogP contribution is -2.49. The van der Waals surface area contributed by atoms with Crippen LogP contribution in [0.15, 0.2) is 59.5 Å². The van der Waals surface area contributed by atoms with Crippen molar-refractivity contribution in [3.05, 3.63) is 65.7 Å². The highest BCUT2D eigenvalue weighted by molar-refractivity contribution is 7.90. The number of nitrogens with zero attached hydrogens (tertiary/aromatic N) is 3. The molecule has 1 saturated heterocycles. The third-order valence-corrected chi connectivity index (χ3v) is 10.0. The van der Waals surface area contributed by atoms with Crippen molar-refractivity contribution in [1.29, 1.82) is 0 Å². The van der Waals surface area contributed by atoms with E-state index in [0.29, 0.717) is 19.5 Å². The van der Waals surface area contributed by atoms with Gasteiger partial charge in [0.05, 0.1) is 17.4 Å². The highest BCUT2D eigenvalue weighted by Gasteiger charge is 2.41. The SMILES string of the molecule is CCN(C(=O)Cc1ccc(S(C)(=O)=O)cc1)C1CCN(CC[C@@H](c2ccccc2)N(C(=O)O)C2CCC(F)(F)CC2)CC1. The first-order valence-electron chi connectivity index (χ1n) is 15.1. The van der Waals surface area contributed by atoms with Gasteiger partial charge >= 0.3 is 6.09 Å². The van der Waals surface area contributed by atoms with E-state index in [1.807, 2.05) is 42.2 Å². The fourth-order valence-electron chi connectivity index (χ4n) is 6.52. The number of halogens is 2. The number of hydrogen-bond donors (Lipinski definition) is 1. The maximum atomic E-state index is 13.9. The summed E-state index contributed by atoms with van der Waals surface area (Å²) in [4.78, 5) is 31.5. The molecule has 11 heteroatoms. The Labute approximate surface area is 253 Å². The molecule has 1 atom stereocenters. The molecule has 1 saturated carbocycles. The maximum absolute atomic E-state index is 13.9. The highest BCUT2D eigenvalue weighted by Crippen LogP contribution is 2.39. The van der Waals surface area contributed by atoms with E-state index < -0.39 is 33.9 Å². The lowest BCUT2D eigenvalue weighted by Gasteiger charge is -2.42. The fourth-order valence-corrected chi connectivity index (χ4v) is 7.15. The summed E-state index contributed by atoms with van der Waals surface area (Å²) in [5.74, 6) is -2.73. The summed E-state index contributed by atoms with van der Waals surface area (Å²) >= 11 is 0. The Morgan fingerprint density at radius 3 is 2.12 bits per heavy atom. The normalized spacial score (nSPS) is 19.1. The van der Waals surface area contributed by atoms with Gasteiger partial charge in [0.15, 0.2) is 9.84 Å². The third-order valence-electron chi connectivity index (χ3n) is 8.91. The monoisotopic (exact) mass is 619 g/mol. The summed E-state index contributed by atoms with van der Waals surface area (Å²) < 4.78 is 51.2. The topological polar surface area (TPSA) is 98.2 Å². The van der Waals surface area contributed by atoms with Crippen molar-refractivity contribution in [1.82, 2.24) is 14.7 Å². The van der Waals surface area contributed by atoms with E-state index in [1.54, 1.807) is 12.1 Å². The lowest BCUT2D eigenvalue weighted by atomic mass is 9.89. The van der Waals surface area contributed by atoms with Gasteiger partial charge in [-0.25, -0.2) is 22.0 Å². The van der Waals surface area contributed by atoms with Gasteiger partial charge in [0.1, 0.15) is 0 Å². The quantitative estimate of drug-likeness (QED) is 0.350. The predicted molar refractivity (Wildman–Crippen MR) is 161 cm³/mol. The van der Waals surface area contributed by atoms with Crippen molar-refractivity contribution in [3.8, 4) is 0 Å². The van der Waals surface area contributed by atoms with E-state index in [0.717, 1.165) is 43.3 Å². The Kier molecular flexibility index (Phi) is 10.8. The molecule has 8 nitrogen and oxygen atoms in total. The van der Waals surface area contributed by atoms with Crippen LogP contribution in [0.3, 0.4) is 0 Å². The van der Waals surface area contributed by atoms with E-state index >= 15 is 0 Å². The van der Waals surface area contributed by atoms with Gasteiger partial charge in [-0.2, -0.15) is 0 Å². The van der Waals surface area contributed by atoms with Crippen LogP contribution in [0.2, 0.25) is 0 Å². The molecule has 0 unspecified atom stereocenters. The summed E-state index contributed by atoms with van der Waals surface area (Å²) in [7, 11) is -3.30. The molecule has 0 radical (unpaired) electrons. The van der Waals surface area contributed by atoms with Gasteiger partial charge in [0.25, 0.3) is 0 Å². The number of benzene rings is 2. The van der Waals surface area contributed by atoms with E-state index in [4.69, 9.17) is 0 Å². The molecular formula is C32H43F2N3O5S. The van der Waals surface area contributed by atoms with Crippen LogP contribution in [-0.4, -0.2) is 90.7 Å². The fraction of sp³-hybridized carbons (Fsp3) is 0.562. The number of likely N-dealkylation sites (tertiary alicyclic amines) is 1. The Morgan fingerprint density at radius 2 is 1.58 bits per heavy atom. The average Bonchev–Trinajstić information content (AvgIpc) is 2.97. The van der Waals surface area contributed by atoms with Gasteiger partial charge in [-0.15, -0.1) is 0 Å². The number of carbonyl (C=O) groups is 2. The van der Waals surface area contributed by atoms with Crippen molar-refractivity contribution < 1.29 is 31.9 Å². The minimum absolute atomic E-state index is 0.00681. The molecule has 4 rings (SSSR count). The molecule has 2 fully saturated rings. The molecule has 1 heterocycles. The Bertz CT molecular complexity index is 1320. The second-order valence-electron chi connectivity index (χ2n) is 11.8. The van der Waals surface area contributed by atoms with Gasteiger partial charge < -0.3 is 14.9 Å². The maximum Gasteiger partial charge on any atom is 0.408 e. The van der Waals surface area contributed by atoms with Gasteiger partial charge in [0.2, 0.25) is 11.8 Å². The van der Waals surface area contributed by atoms with Crippen LogP contribution >= 0.6 is 0 Å². The van der Waals surface area contributed by atoms with E-state index in [1.165, 1.54) is 17.0 Å². The van der Waals surface area contributed by atoms with Gasteiger partial charge in [-0.1, -0.05) is 42.5 Å². The number of carboxylic acid groups (broad SMARTS) is 1. The number of piperidine rings is 1. The Hall–Kier alpha value is -3.05. The molecule has 236 valence electrons. The zero-order chi connectivity index (χ0) is 31.2. The predicted octanol–water partition coefficient (Wildman–Crippen LogP) is 5.63. The van der Waals surface area contributed by atoms with Crippen molar-refractivity contribution in [2.75, 3.05) is 32.4 Å². The van der Waals surface area contributed by atoms with Crippen LogP contribution in [0, 0.1) is 0 Å². The molecule has 2 amide bonds. The number of likely N-dealkylation sites (N-methyl/N-ethyl adjacent to an activating group) is 1. The number of alkyl halides is 2. The minimum Gasteiger partial charge on any atom is -0.465 e. The van der Waals surface area contributed by atoms with E-state index in [2.05, 4.69) is 4.90 Å². The van der Waals surface area contributed by atoms with Crippen molar-refractivity contribution in [2.24, 2.45) is 0 Å². The molecule has 0 spiro atoms. The zero-order valence-electron chi connectivity index (χ0n) is 25.0. The summed E-state index contributed by atoms with van der Waals surface area (Å²) in [5.41, 5.74) is 1.63. The first kappa shape index (κ1) is 32.9. The van der Waals surface area contributed by atoms with Crippen LogP contribution in [-0.2, 0) is 21.1 Å².